The lowest BCUT2D eigenvalue weighted by atomic mass is 10.2. The minimum absolute atomic E-state index is 0.815. The molecule has 0 fully saturated rings. The van der Waals surface area contributed by atoms with E-state index < -0.39 is 0 Å². The minimum atomic E-state index is 0.815. The number of rotatable bonds is 8. The number of furan rings is 1. The van der Waals surface area contributed by atoms with E-state index in [1.807, 2.05) is 0 Å². The van der Waals surface area contributed by atoms with E-state index in [1.165, 1.54) is 11.1 Å². The van der Waals surface area contributed by atoms with E-state index >= 15 is 0 Å². The predicted octanol–water partition coefficient (Wildman–Crippen LogP) is 3.41. The number of hydrogen-bond acceptors (Lipinski definition) is 3. The molecule has 1 aromatic carbocycles. The Bertz CT molecular complexity index is 493. The summed E-state index contributed by atoms with van der Waals surface area (Å²) >= 11 is 0. The highest BCUT2D eigenvalue weighted by Crippen LogP contribution is 2.14. The maximum Gasteiger partial charge on any atom is 0.122 e. The van der Waals surface area contributed by atoms with Crippen molar-refractivity contribution < 1.29 is 4.42 Å². The zero-order chi connectivity index (χ0) is 14.2. The summed E-state index contributed by atoms with van der Waals surface area (Å²) in [6.45, 7) is 5.88. The normalized spacial score (nSPS) is 11.2. The third-order valence-electron chi connectivity index (χ3n) is 3.29. The molecule has 0 atom stereocenters. The van der Waals surface area contributed by atoms with Gasteiger partial charge in [-0.25, -0.2) is 0 Å². The lowest BCUT2D eigenvalue weighted by Crippen LogP contribution is -2.19. The molecule has 108 valence electrons. The lowest BCUT2D eigenvalue weighted by Gasteiger charge is -2.16. The molecular weight excluding hydrogens is 248 g/mol. The van der Waals surface area contributed by atoms with Crippen LogP contribution in [0.4, 0.5) is 0 Å². The van der Waals surface area contributed by atoms with Crippen molar-refractivity contribution in [1.29, 1.82) is 0 Å². The van der Waals surface area contributed by atoms with Crippen LogP contribution in [0, 0.1) is 0 Å². The first-order chi connectivity index (χ1) is 9.79. The molecule has 0 unspecified atom stereocenters. The highest BCUT2D eigenvalue weighted by molar-refractivity contribution is 5.18. The second-order valence-electron chi connectivity index (χ2n) is 5.20. The van der Waals surface area contributed by atoms with Crippen molar-refractivity contribution in [3.63, 3.8) is 0 Å². The second kappa shape index (κ2) is 7.88. The molecule has 1 N–H and O–H groups in total. The van der Waals surface area contributed by atoms with Crippen LogP contribution in [0.5, 0.6) is 0 Å². The van der Waals surface area contributed by atoms with E-state index in [9.17, 15) is 0 Å². The molecule has 3 nitrogen and oxygen atoms in total. The topological polar surface area (TPSA) is 28.4 Å². The lowest BCUT2D eigenvalue weighted by molar-refractivity contribution is 0.314. The van der Waals surface area contributed by atoms with Gasteiger partial charge in [-0.1, -0.05) is 37.3 Å². The summed E-state index contributed by atoms with van der Waals surface area (Å²) in [5.74, 6) is 1.05. The quantitative estimate of drug-likeness (QED) is 0.746. The van der Waals surface area contributed by atoms with Crippen LogP contribution in [0.15, 0.2) is 47.1 Å². The second-order valence-corrected chi connectivity index (χ2v) is 5.20. The van der Waals surface area contributed by atoms with Gasteiger partial charge in [0.2, 0.25) is 0 Å². The van der Waals surface area contributed by atoms with Crippen LogP contribution < -0.4 is 5.32 Å². The summed E-state index contributed by atoms with van der Waals surface area (Å²) < 4.78 is 5.57. The molecular formula is C17H24N2O. The van der Waals surface area contributed by atoms with Crippen LogP contribution in [0.3, 0.4) is 0 Å². The third-order valence-corrected chi connectivity index (χ3v) is 3.29. The molecule has 1 aromatic heterocycles. The summed E-state index contributed by atoms with van der Waals surface area (Å²) in [5, 5.41) is 3.39. The fourth-order valence-corrected chi connectivity index (χ4v) is 2.28. The number of benzene rings is 1. The van der Waals surface area contributed by atoms with Crippen LogP contribution >= 0.6 is 0 Å². The molecule has 0 amide bonds. The fourth-order valence-electron chi connectivity index (χ4n) is 2.28. The molecule has 20 heavy (non-hydrogen) atoms. The van der Waals surface area contributed by atoms with E-state index in [4.69, 9.17) is 4.42 Å². The van der Waals surface area contributed by atoms with E-state index in [0.717, 1.165) is 38.4 Å². The van der Waals surface area contributed by atoms with Gasteiger partial charge in [-0.2, -0.15) is 0 Å². The van der Waals surface area contributed by atoms with Crippen LogP contribution in [0.1, 0.15) is 30.2 Å². The Kier molecular flexibility index (Phi) is 5.84. The van der Waals surface area contributed by atoms with Crippen molar-refractivity contribution in [1.82, 2.24) is 10.2 Å². The molecule has 2 rings (SSSR count). The van der Waals surface area contributed by atoms with Crippen LogP contribution in [-0.2, 0) is 19.6 Å². The zero-order valence-electron chi connectivity index (χ0n) is 12.4. The van der Waals surface area contributed by atoms with Crippen molar-refractivity contribution in [2.75, 3.05) is 13.6 Å². The smallest absolute Gasteiger partial charge is 0.122 e. The number of hydrogen-bond donors (Lipinski definition) is 1. The Balaban J connectivity index is 1.88. The molecule has 0 bridgehead atoms. The summed E-state index contributed by atoms with van der Waals surface area (Å²) in [7, 11) is 2.14. The van der Waals surface area contributed by atoms with Gasteiger partial charge < -0.3 is 9.73 Å². The maximum absolute atomic E-state index is 5.57. The molecule has 0 radical (unpaired) electrons. The van der Waals surface area contributed by atoms with Gasteiger partial charge in [0.05, 0.1) is 12.8 Å². The molecule has 1 heterocycles. The largest absolute Gasteiger partial charge is 0.468 e. The SMILES string of the molecule is CCCNCc1occc1CN(C)Cc1ccccc1. The maximum atomic E-state index is 5.57. The fraction of sp³-hybridized carbons (Fsp3) is 0.412. The van der Waals surface area contributed by atoms with Gasteiger partial charge in [0.15, 0.2) is 0 Å². The average molecular weight is 272 g/mol. The van der Waals surface area contributed by atoms with Crippen LogP contribution in [0.2, 0.25) is 0 Å². The summed E-state index contributed by atoms with van der Waals surface area (Å²) in [5.41, 5.74) is 2.61. The van der Waals surface area contributed by atoms with Crippen molar-refractivity contribution in [2.45, 2.75) is 33.0 Å². The Hall–Kier alpha value is -1.58. The summed E-state index contributed by atoms with van der Waals surface area (Å²) in [6.07, 6.45) is 2.93. The minimum Gasteiger partial charge on any atom is -0.468 e. The van der Waals surface area contributed by atoms with Crippen molar-refractivity contribution >= 4 is 0 Å². The van der Waals surface area contributed by atoms with Gasteiger partial charge in [-0.3, -0.25) is 4.90 Å². The van der Waals surface area contributed by atoms with Gasteiger partial charge in [-0.05, 0) is 31.6 Å². The van der Waals surface area contributed by atoms with Crippen molar-refractivity contribution in [3.8, 4) is 0 Å². The molecule has 3 heteroatoms. The summed E-state index contributed by atoms with van der Waals surface area (Å²) in [6, 6.07) is 12.6. The highest BCUT2D eigenvalue weighted by Gasteiger charge is 2.09. The molecule has 0 aliphatic rings. The van der Waals surface area contributed by atoms with Crippen LogP contribution in [-0.4, -0.2) is 18.5 Å². The van der Waals surface area contributed by atoms with Crippen molar-refractivity contribution in [2.24, 2.45) is 0 Å². The van der Waals surface area contributed by atoms with Gasteiger partial charge in [0.25, 0.3) is 0 Å². The first kappa shape index (κ1) is 14.8. The Labute approximate surface area is 121 Å². The first-order valence-electron chi connectivity index (χ1n) is 7.28. The first-order valence-corrected chi connectivity index (χ1v) is 7.28. The molecule has 0 saturated carbocycles. The zero-order valence-corrected chi connectivity index (χ0v) is 12.4. The molecule has 0 aliphatic heterocycles. The molecule has 2 aromatic rings. The Morgan fingerprint density at radius 1 is 1.10 bits per heavy atom. The number of nitrogens with one attached hydrogen (secondary N) is 1. The average Bonchev–Trinajstić information content (AvgIpc) is 2.87. The Morgan fingerprint density at radius 2 is 1.90 bits per heavy atom. The van der Waals surface area contributed by atoms with E-state index in [-0.39, 0.29) is 0 Å². The number of nitrogens with zero attached hydrogens (tertiary/aromatic N) is 1. The molecule has 0 saturated heterocycles. The van der Waals surface area contributed by atoms with Crippen LogP contribution in [0.25, 0.3) is 0 Å². The Morgan fingerprint density at radius 3 is 2.65 bits per heavy atom. The highest BCUT2D eigenvalue weighted by atomic mass is 16.3. The van der Waals surface area contributed by atoms with Gasteiger partial charge in [0.1, 0.15) is 5.76 Å². The molecule has 0 aliphatic carbocycles. The standard InChI is InChI=1S/C17H24N2O/c1-3-10-18-12-17-16(9-11-20-17)14-19(2)13-15-7-5-4-6-8-15/h4-9,11,18H,3,10,12-14H2,1-2H3. The van der Waals surface area contributed by atoms with E-state index in [2.05, 4.69) is 60.6 Å². The molecule has 0 spiro atoms. The van der Waals surface area contributed by atoms with E-state index in [1.54, 1.807) is 6.26 Å². The van der Waals surface area contributed by atoms with Gasteiger partial charge >= 0.3 is 0 Å². The predicted molar refractivity (Wildman–Crippen MR) is 82.3 cm³/mol. The van der Waals surface area contributed by atoms with Crippen molar-refractivity contribution in [3.05, 3.63) is 59.5 Å². The van der Waals surface area contributed by atoms with Gasteiger partial charge in [0, 0.05) is 18.7 Å². The monoisotopic (exact) mass is 272 g/mol. The summed E-state index contributed by atoms with van der Waals surface area (Å²) in [4.78, 5) is 2.31. The van der Waals surface area contributed by atoms with E-state index in [0.29, 0.717) is 0 Å². The third kappa shape index (κ3) is 4.51. The van der Waals surface area contributed by atoms with Gasteiger partial charge in [-0.15, -0.1) is 0 Å².